The molecule has 1 amide bonds. The third kappa shape index (κ3) is 3.67. The zero-order valence-corrected chi connectivity index (χ0v) is 14.2. The zero-order chi connectivity index (χ0) is 18.0. The Balaban J connectivity index is 1.67. The fourth-order valence-electron chi connectivity index (χ4n) is 2.52. The minimum absolute atomic E-state index is 0.269. The summed E-state index contributed by atoms with van der Waals surface area (Å²) in [6.07, 6.45) is 3.65. The Morgan fingerprint density at radius 1 is 1.28 bits per heavy atom. The van der Waals surface area contributed by atoms with E-state index in [-0.39, 0.29) is 11.6 Å². The first kappa shape index (κ1) is 16.7. The van der Waals surface area contributed by atoms with E-state index >= 15 is 0 Å². The van der Waals surface area contributed by atoms with E-state index in [1.165, 1.54) is 0 Å². The molecule has 0 aliphatic rings. The fourth-order valence-corrected chi connectivity index (χ4v) is 2.52. The van der Waals surface area contributed by atoms with Crippen LogP contribution in [0.3, 0.4) is 0 Å². The number of hydrogen-bond acceptors (Lipinski definition) is 5. The van der Waals surface area contributed by atoms with Gasteiger partial charge in [0, 0.05) is 18.3 Å². The Morgan fingerprint density at radius 3 is 2.76 bits per heavy atom. The summed E-state index contributed by atoms with van der Waals surface area (Å²) in [5.74, 6) is 1.27. The van der Waals surface area contributed by atoms with Gasteiger partial charge in [-0.05, 0) is 13.0 Å². The van der Waals surface area contributed by atoms with E-state index in [9.17, 15) is 9.59 Å². The minimum atomic E-state index is -0.451. The van der Waals surface area contributed by atoms with Gasteiger partial charge in [-0.3, -0.25) is 14.9 Å². The van der Waals surface area contributed by atoms with Gasteiger partial charge in [-0.25, -0.2) is 14.9 Å². The minimum Gasteiger partial charge on any atom is -0.341 e. The van der Waals surface area contributed by atoms with Crippen molar-refractivity contribution in [1.29, 1.82) is 0 Å². The monoisotopic (exact) mass is 344 g/mol. The van der Waals surface area contributed by atoms with E-state index in [2.05, 4.69) is 49.5 Å². The summed E-state index contributed by atoms with van der Waals surface area (Å²) in [7, 11) is 0. The van der Waals surface area contributed by atoms with Crippen molar-refractivity contribution in [2.45, 2.75) is 39.3 Å². The standard InChI is InChI=1S/C15H20N8O2/c1-8(2)13-16-4-5-23(13)7-10-6-11(20-19-10)14(24)17-9(3)12-18-15(25)22-21-12/h4-6,8-9H,7H2,1-3H3,(H,17,24)(H,19,20)(H2,18,21,22,25)/t9-/m1/s1. The molecule has 0 fully saturated rings. The average molecular weight is 344 g/mol. The van der Waals surface area contributed by atoms with Crippen LogP contribution in [0.2, 0.25) is 0 Å². The number of carbonyl (C=O) groups is 1. The normalized spacial score (nSPS) is 12.5. The number of nitrogens with one attached hydrogen (secondary N) is 4. The number of imidazole rings is 1. The summed E-state index contributed by atoms with van der Waals surface area (Å²) in [5.41, 5.74) is 0.649. The van der Waals surface area contributed by atoms with Gasteiger partial charge in [0.1, 0.15) is 11.5 Å². The number of H-pyrrole nitrogens is 3. The van der Waals surface area contributed by atoms with Gasteiger partial charge in [0.2, 0.25) is 0 Å². The molecule has 0 aliphatic heterocycles. The molecular formula is C15H20N8O2. The third-order valence-electron chi connectivity index (χ3n) is 3.75. The summed E-state index contributed by atoms with van der Waals surface area (Å²) in [6.45, 7) is 6.42. The maximum absolute atomic E-state index is 12.3. The van der Waals surface area contributed by atoms with Gasteiger partial charge in [0.15, 0.2) is 5.82 Å². The summed E-state index contributed by atoms with van der Waals surface area (Å²) in [6, 6.07) is 1.24. The van der Waals surface area contributed by atoms with Crippen LogP contribution in [0, 0.1) is 0 Å². The van der Waals surface area contributed by atoms with Crippen LogP contribution in [0.5, 0.6) is 0 Å². The molecule has 3 aromatic heterocycles. The van der Waals surface area contributed by atoms with Crippen LogP contribution >= 0.6 is 0 Å². The van der Waals surface area contributed by atoms with Crippen molar-refractivity contribution in [2.75, 3.05) is 0 Å². The van der Waals surface area contributed by atoms with Crippen molar-refractivity contribution in [1.82, 2.24) is 40.2 Å². The molecule has 25 heavy (non-hydrogen) atoms. The first-order chi connectivity index (χ1) is 11.9. The molecular weight excluding hydrogens is 324 g/mol. The number of nitrogens with zero attached hydrogens (tertiary/aromatic N) is 4. The molecule has 0 radical (unpaired) electrons. The molecule has 0 saturated carbocycles. The Kier molecular flexibility index (Phi) is 4.50. The van der Waals surface area contributed by atoms with Gasteiger partial charge in [0.25, 0.3) is 5.91 Å². The zero-order valence-electron chi connectivity index (χ0n) is 14.2. The van der Waals surface area contributed by atoms with Gasteiger partial charge in [-0.2, -0.15) is 10.2 Å². The molecule has 3 rings (SSSR count). The predicted octanol–water partition coefficient (Wildman–Crippen LogP) is 0.680. The first-order valence-corrected chi connectivity index (χ1v) is 7.94. The Bertz CT molecular complexity index is 916. The second-order valence-electron chi connectivity index (χ2n) is 6.10. The van der Waals surface area contributed by atoms with E-state index in [4.69, 9.17) is 0 Å². The molecule has 0 aliphatic carbocycles. The van der Waals surface area contributed by atoms with E-state index in [1.807, 2.05) is 10.8 Å². The summed E-state index contributed by atoms with van der Waals surface area (Å²) < 4.78 is 2.01. The van der Waals surface area contributed by atoms with Gasteiger partial charge in [0.05, 0.1) is 18.3 Å². The molecule has 10 nitrogen and oxygen atoms in total. The lowest BCUT2D eigenvalue weighted by atomic mass is 10.2. The fraction of sp³-hybridized carbons (Fsp3) is 0.400. The largest absolute Gasteiger partial charge is 0.341 e. The number of hydrogen-bond donors (Lipinski definition) is 4. The van der Waals surface area contributed by atoms with E-state index < -0.39 is 11.7 Å². The molecule has 1 atom stereocenters. The lowest BCUT2D eigenvalue weighted by Crippen LogP contribution is -2.28. The molecule has 0 aromatic carbocycles. The molecule has 3 heterocycles. The molecule has 0 unspecified atom stereocenters. The number of aromatic amines is 3. The van der Waals surface area contributed by atoms with Crippen LogP contribution in [-0.2, 0) is 6.54 Å². The number of carbonyl (C=O) groups excluding carboxylic acids is 1. The first-order valence-electron chi connectivity index (χ1n) is 7.94. The second kappa shape index (κ2) is 6.75. The van der Waals surface area contributed by atoms with Crippen LogP contribution in [0.15, 0.2) is 23.3 Å². The van der Waals surface area contributed by atoms with Crippen molar-refractivity contribution in [3.05, 3.63) is 52.0 Å². The third-order valence-corrected chi connectivity index (χ3v) is 3.75. The van der Waals surface area contributed by atoms with Crippen LogP contribution < -0.4 is 11.0 Å². The predicted molar refractivity (Wildman–Crippen MR) is 89.1 cm³/mol. The number of aromatic nitrogens is 7. The summed E-state index contributed by atoms with van der Waals surface area (Å²) in [4.78, 5) is 30.2. The smallest absolute Gasteiger partial charge is 0.340 e. The number of rotatable bonds is 6. The molecule has 3 aromatic rings. The maximum atomic E-state index is 12.3. The van der Waals surface area contributed by atoms with Crippen molar-refractivity contribution < 1.29 is 4.79 Å². The SMILES string of the molecule is CC(C)c1nccn1Cc1cc(C(=O)N[C@H](C)c2n[nH]c(=O)[nH]2)n[nH]1. The van der Waals surface area contributed by atoms with Gasteiger partial charge < -0.3 is 9.88 Å². The number of amides is 1. The van der Waals surface area contributed by atoms with E-state index in [0.29, 0.717) is 18.3 Å². The van der Waals surface area contributed by atoms with Gasteiger partial charge in [-0.15, -0.1) is 0 Å². The highest BCUT2D eigenvalue weighted by Crippen LogP contribution is 2.14. The highest BCUT2D eigenvalue weighted by Gasteiger charge is 2.17. The topological polar surface area (TPSA) is 137 Å². The molecule has 0 bridgehead atoms. The highest BCUT2D eigenvalue weighted by molar-refractivity contribution is 5.92. The van der Waals surface area contributed by atoms with Gasteiger partial charge in [-0.1, -0.05) is 13.8 Å². The Labute approximate surface area is 143 Å². The second-order valence-corrected chi connectivity index (χ2v) is 6.10. The molecule has 10 heteroatoms. The van der Waals surface area contributed by atoms with E-state index in [1.54, 1.807) is 19.2 Å². The molecule has 4 N–H and O–H groups in total. The summed E-state index contributed by atoms with van der Waals surface area (Å²) in [5, 5.41) is 15.7. The lowest BCUT2D eigenvalue weighted by Gasteiger charge is -2.09. The Morgan fingerprint density at radius 2 is 2.08 bits per heavy atom. The maximum Gasteiger partial charge on any atom is 0.340 e. The Hall–Kier alpha value is -3.17. The molecule has 0 spiro atoms. The van der Waals surface area contributed by atoms with E-state index in [0.717, 1.165) is 11.5 Å². The van der Waals surface area contributed by atoms with Crippen LogP contribution in [0.25, 0.3) is 0 Å². The van der Waals surface area contributed by atoms with Crippen molar-refractivity contribution in [2.24, 2.45) is 0 Å². The van der Waals surface area contributed by atoms with Gasteiger partial charge >= 0.3 is 5.69 Å². The van der Waals surface area contributed by atoms with Crippen LogP contribution in [0.1, 0.15) is 60.6 Å². The molecule has 132 valence electrons. The summed E-state index contributed by atoms with van der Waals surface area (Å²) >= 11 is 0. The molecule has 0 saturated heterocycles. The van der Waals surface area contributed by atoms with Crippen LogP contribution in [-0.4, -0.2) is 40.8 Å². The lowest BCUT2D eigenvalue weighted by molar-refractivity contribution is 0.0933. The quantitative estimate of drug-likeness (QED) is 0.521. The van der Waals surface area contributed by atoms with Crippen LogP contribution in [0.4, 0.5) is 0 Å². The average Bonchev–Trinajstić information content (AvgIpc) is 3.28. The van der Waals surface area contributed by atoms with Crippen molar-refractivity contribution >= 4 is 5.91 Å². The highest BCUT2D eigenvalue weighted by atomic mass is 16.2. The van der Waals surface area contributed by atoms with Crippen molar-refractivity contribution in [3.8, 4) is 0 Å². The van der Waals surface area contributed by atoms with Crippen molar-refractivity contribution in [3.63, 3.8) is 0 Å².